The quantitative estimate of drug-likeness (QED) is 0.794. The molecule has 1 amide bonds. The van der Waals surface area contributed by atoms with Gasteiger partial charge in [0.25, 0.3) is 0 Å². The molecule has 1 fully saturated rings. The van der Waals surface area contributed by atoms with E-state index in [1.165, 1.54) is 0 Å². The Bertz CT molecular complexity index is 453. The van der Waals surface area contributed by atoms with Crippen molar-refractivity contribution in [1.82, 2.24) is 4.90 Å². The van der Waals surface area contributed by atoms with Gasteiger partial charge in [-0.2, -0.15) is 0 Å². The molecule has 98 valence electrons. The topological polar surface area (TPSA) is 66.6 Å². The van der Waals surface area contributed by atoms with Crippen LogP contribution in [0.2, 0.25) is 0 Å². The summed E-state index contributed by atoms with van der Waals surface area (Å²) in [5, 5.41) is 9.92. The molecule has 1 aliphatic heterocycles. The first-order valence-electron chi connectivity index (χ1n) is 6.32. The Labute approximate surface area is 107 Å². The molecule has 0 bridgehead atoms. The molecule has 1 aromatic rings. The number of nitrogens with two attached hydrogens (primary N) is 1. The van der Waals surface area contributed by atoms with Gasteiger partial charge in [-0.3, -0.25) is 4.79 Å². The standard InChI is InChI=1S/C14H20N2O2/c1-3-14(18)8-16(9-14)13(17)10(2)11-5-4-6-12(15)7-11/h4-7,10,18H,3,8-9,15H2,1-2H3. The Morgan fingerprint density at radius 2 is 2.22 bits per heavy atom. The van der Waals surface area contributed by atoms with E-state index in [9.17, 15) is 9.90 Å². The van der Waals surface area contributed by atoms with Crippen LogP contribution in [0.1, 0.15) is 31.7 Å². The third-order valence-electron chi connectivity index (χ3n) is 3.72. The summed E-state index contributed by atoms with van der Waals surface area (Å²) < 4.78 is 0. The maximum absolute atomic E-state index is 12.2. The highest BCUT2D eigenvalue weighted by Gasteiger charge is 2.43. The van der Waals surface area contributed by atoms with Crippen LogP contribution in [-0.4, -0.2) is 34.6 Å². The van der Waals surface area contributed by atoms with Crippen LogP contribution in [0, 0.1) is 0 Å². The molecule has 1 heterocycles. The number of carbonyl (C=O) groups is 1. The average Bonchev–Trinajstić information content (AvgIpc) is 2.33. The van der Waals surface area contributed by atoms with Crippen molar-refractivity contribution in [2.24, 2.45) is 0 Å². The van der Waals surface area contributed by atoms with Crippen LogP contribution in [0.25, 0.3) is 0 Å². The minimum absolute atomic E-state index is 0.0544. The zero-order valence-electron chi connectivity index (χ0n) is 10.9. The molecular weight excluding hydrogens is 228 g/mol. The molecule has 1 aromatic carbocycles. The number of hydrogen-bond acceptors (Lipinski definition) is 3. The lowest BCUT2D eigenvalue weighted by Gasteiger charge is -2.47. The number of anilines is 1. The van der Waals surface area contributed by atoms with Crippen molar-refractivity contribution in [1.29, 1.82) is 0 Å². The third kappa shape index (κ3) is 2.34. The lowest BCUT2D eigenvalue weighted by Crippen LogP contribution is -2.63. The van der Waals surface area contributed by atoms with Crippen molar-refractivity contribution < 1.29 is 9.90 Å². The highest BCUT2D eigenvalue weighted by atomic mass is 16.3. The maximum Gasteiger partial charge on any atom is 0.230 e. The van der Waals surface area contributed by atoms with E-state index in [4.69, 9.17) is 5.73 Å². The summed E-state index contributed by atoms with van der Waals surface area (Å²) in [6, 6.07) is 7.40. The van der Waals surface area contributed by atoms with E-state index in [1.807, 2.05) is 32.0 Å². The second kappa shape index (κ2) is 4.61. The first-order valence-corrected chi connectivity index (χ1v) is 6.32. The number of amides is 1. The van der Waals surface area contributed by atoms with Crippen LogP contribution in [-0.2, 0) is 4.79 Å². The second-order valence-corrected chi connectivity index (χ2v) is 5.16. The molecule has 1 aliphatic rings. The molecule has 0 aromatic heterocycles. The summed E-state index contributed by atoms with van der Waals surface area (Å²) in [7, 11) is 0. The third-order valence-corrected chi connectivity index (χ3v) is 3.72. The van der Waals surface area contributed by atoms with Crippen molar-refractivity contribution in [3.8, 4) is 0 Å². The van der Waals surface area contributed by atoms with Crippen molar-refractivity contribution >= 4 is 11.6 Å². The van der Waals surface area contributed by atoms with Crippen molar-refractivity contribution in [3.63, 3.8) is 0 Å². The molecule has 1 unspecified atom stereocenters. The van der Waals surface area contributed by atoms with E-state index in [0.717, 1.165) is 5.56 Å². The summed E-state index contributed by atoms with van der Waals surface area (Å²) in [4.78, 5) is 13.9. The average molecular weight is 248 g/mol. The van der Waals surface area contributed by atoms with Gasteiger partial charge in [0.05, 0.1) is 24.6 Å². The number of likely N-dealkylation sites (tertiary alicyclic amines) is 1. The number of rotatable bonds is 3. The fourth-order valence-electron chi connectivity index (χ4n) is 2.29. The molecule has 4 heteroatoms. The Morgan fingerprint density at radius 1 is 1.56 bits per heavy atom. The molecule has 1 atom stereocenters. The fraction of sp³-hybridized carbons (Fsp3) is 0.500. The molecule has 1 saturated heterocycles. The molecule has 18 heavy (non-hydrogen) atoms. The largest absolute Gasteiger partial charge is 0.399 e. The number of benzene rings is 1. The highest BCUT2D eigenvalue weighted by molar-refractivity contribution is 5.84. The van der Waals surface area contributed by atoms with Gasteiger partial charge in [0.15, 0.2) is 0 Å². The van der Waals surface area contributed by atoms with Gasteiger partial charge in [-0.05, 0) is 31.0 Å². The van der Waals surface area contributed by atoms with E-state index >= 15 is 0 Å². The normalized spacial score (nSPS) is 19.2. The Balaban J connectivity index is 2.03. The van der Waals surface area contributed by atoms with Gasteiger partial charge in [0.2, 0.25) is 5.91 Å². The Hall–Kier alpha value is -1.55. The number of nitrogens with zero attached hydrogens (tertiary/aromatic N) is 1. The predicted molar refractivity (Wildman–Crippen MR) is 71.1 cm³/mol. The van der Waals surface area contributed by atoms with Gasteiger partial charge in [0.1, 0.15) is 0 Å². The van der Waals surface area contributed by atoms with Gasteiger partial charge in [-0.1, -0.05) is 19.1 Å². The summed E-state index contributed by atoms with van der Waals surface area (Å²) in [6.07, 6.45) is 0.684. The predicted octanol–water partition coefficient (Wildman–Crippen LogP) is 1.36. The summed E-state index contributed by atoms with van der Waals surface area (Å²) in [5.41, 5.74) is 6.63. The lowest BCUT2D eigenvalue weighted by molar-refractivity contribution is -0.156. The zero-order chi connectivity index (χ0) is 13.3. The van der Waals surface area contributed by atoms with Gasteiger partial charge in [-0.25, -0.2) is 0 Å². The minimum Gasteiger partial charge on any atom is -0.399 e. The summed E-state index contributed by atoms with van der Waals surface area (Å²) in [6.45, 7) is 4.69. The van der Waals surface area contributed by atoms with Gasteiger partial charge in [0, 0.05) is 5.69 Å². The fourth-order valence-corrected chi connectivity index (χ4v) is 2.29. The van der Waals surface area contributed by atoms with E-state index < -0.39 is 5.60 Å². The highest BCUT2D eigenvalue weighted by Crippen LogP contribution is 2.28. The Morgan fingerprint density at radius 3 is 2.78 bits per heavy atom. The second-order valence-electron chi connectivity index (χ2n) is 5.16. The number of hydrogen-bond donors (Lipinski definition) is 2. The zero-order valence-corrected chi connectivity index (χ0v) is 10.9. The van der Waals surface area contributed by atoms with Crippen LogP contribution in [0.5, 0.6) is 0 Å². The Kier molecular flexibility index (Phi) is 3.30. The molecule has 0 spiro atoms. The van der Waals surface area contributed by atoms with Crippen molar-refractivity contribution in [2.45, 2.75) is 31.8 Å². The smallest absolute Gasteiger partial charge is 0.230 e. The maximum atomic E-state index is 12.2. The molecule has 0 aliphatic carbocycles. The molecule has 0 saturated carbocycles. The number of nitrogen functional groups attached to an aromatic ring is 1. The van der Waals surface area contributed by atoms with Crippen LogP contribution >= 0.6 is 0 Å². The van der Waals surface area contributed by atoms with Gasteiger partial charge < -0.3 is 15.7 Å². The minimum atomic E-state index is -0.676. The van der Waals surface area contributed by atoms with Gasteiger partial charge >= 0.3 is 0 Å². The molecular formula is C14H20N2O2. The molecule has 3 N–H and O–H groups in total. The van der Waals surface area contributed by atoms with Crippen LogP contribution in [0.4, 0.5) is 5.69 Å². The molecule has 0 radical (unpaired) electrons. The monoisotopic (exact) mass is 248 g/mol. The number of β-amino-alcohol motifs (C(OH)–C–C–N with tert-alkyl or cyclic N) is 1. The number of carbonyl (C=O) groups excluding carboxylic acids is 1. The van der Waals surface area contributed by atoms with E-state index in [-0.39, 0.29) is 11.8 Å². The van der Waals surface area contributed by atoms with Crippen LogP contribution in [0.15, 0.2) is 24.3 Å². The lowest BCUT2D eigenvalue weighted by atomic mass is 9.89. The van der Waals surface area contributed by atoms with Crippen LogP contribution in [0.3, 0.4) is 0 Å². The SMILES string of the molecule is CCC1(O)CN(C(=O)C(C)c2cccc(N)c2)C1. The first-order chi connectivity index (χ1) is 8.45. The van der Waals surface area contributed by atoms with Gasteiger partial charge in [-0.15, -0.1) is 0 Å². The van der Waals surface area contributed by atoms with Crippen molar-refractivity contribution in [2.75, 3.05) is 18.8 Å². The molecule has 2 rings (SSSR count). The molecule has 4 nitrogen and oxygen atoms in total. The van der Waals surface area contributed by atoms with Crippen molar-refractivity contribution in [3.05, 3.63) is 29.8 Å². The van der Waals surface area contributed by atoms with E-state index in [0.29, 0.717) is 25.2 Å². The summed E-state index contributed by atoms with van der Waals surface area (Å²) >= 11 is 0. The van der Waals surface area contributed by atoms with E-state index in [1.54, 1.807) is 11.0 Å². The first kappa shape index (κ1) is 12.9. The van der Waals surface area contributed by atoms with Crippen LogP contribution < -0.4 is 5.73 Å². The van der Waals surface area contributed by atoms with E-state index in [2.05, 4.69) is 0 Å². The number of aliphatic hydroxyl groups is 1. The summed E-state index contributed by atoms with van der Waals surface area (Å²) in [5.74, 6) is -0.159.